The van der Waals surface area contributed by atoms with E-state index in [2.05, 4.69) is 40.3 Å². The predicted octanol–water partition coefficient (Wildman–Crippen LogP) is 4.52. The molecule has 0 saturated carbocycles. The van der Waals surface area contributed by atoms with Gasteiger partial charge < -0.3 is 10.1 Å². The lowest BCUT2D eigenvalue weighted by atomic mass is 9.98. The third-order valence-electron chi connectivity index (χ3n) is 4.79. The van der Waals surface area contributed by atoms with Crippen molar-refractivity contribution in [2.24, 2.45) is 0 Å². The second-order valence-corrected chi connectivity index (χ2v) is 6.64. The van der Waals surface area contributed by atoms with Crippen molar-refractivity contribution in [3.05, 3.63) is 64.8 Å². The zero-order valence-corrected chi connectivity index (χ0v) is 13.6. The third-order valence-corrected chi connectivity index (χ3v) is 5.20. The summed E-state index contributed by atoms with van der Waals surface area (Å²) < 4.78 is 0. The second kappa shape index (κ2) is 5.91. The number of nitrogens with zero attached hydrogens (tertiary/aromatic N) is 1. The van der Waals surface area contributed by atoms with Gasteiger partial charge in [-0.05, 0) is 42.1 Å². The third kappa shape index (κ3) is 2.71. The van der Waals surface area contributed by atoms with Crippen LogP contribution in [0.15, 0.2) is 48.7 Å². The number of benzene rings is 2. The molecule has 1 atom stereocenters. The fraction of sp³-hybridized carbons (Fsp3) is 0.263. The topological polar surface area (TPSA) is 39.3 Å². The number of hydrogen-bond acceptors (Lipinski definition) is 2. The van der Waals surface area contributed by atoms with Crippen LogP contribution in [0.3, 0.4) is 0 Å². The highest BCUT2D eigenvalue weighted by Gasteiger charge is 2.26. The molecule has 4 heteroatoms. The summed E-state index contributed by atoms with van der Waals surface area (Å²) in [5.74, 6) is 0.569. The van der Waals surface area contributed by atoms with Gasteiger partial charge in [-0.25, -0.2) is 0 Å². The largest absolute Gasteiger partial charge is 0.506 e. The number of H-pyrrole nitrogens is 1. The molecule has 0 amide bonds. The summed E-state index contributed by atoms with van der Waals surface area (Å²) in [5, 5.41) is 11.6. The van der Waals surface area contributed by atoms with Crippen LogP contribution in [0.25, 0.3) is 10.9 Å². The Morgan fingerprint density at radius 1 is 1.17 bits per heavy atom. The van der Waals surface area contributed by atoms with E-state index in [9.17, 15) is 5.11 Å². The Kier molecular flexibility index (Phi) is 3.76. The molecule has 118 valence electrons. The lowest BCUT2D eigenvalue weighted by molar-refractivity contribution is 0.328. The van der Waals surface area contributed by atoms with Crippen LogP contribution >= 0.6 is 11.6 Å². The van der Waals surface area contributed by atoms with Gasteiger partial charge in [-0.3, -0.25) is 4.90 Å². The molecule has 1 aromatic heterocycles. The molecule has 2 aromatic carbocycles. The summed E-state index contributed by atoms with van der Waals surface area (Å²) >= 11 is 6.27. The minimum absolute atomic E-state index is 0.180. The first-order chi connectivity index (χ1) is 11.2. The summed E-state index contributed by atoms with van der Waals surface area (Å²) in [5.41, 5.74) is 3.59. The van der Waals surface area contributed by atoms with Gasteiger partial charge in [-0.2, -0.15) is 0 Å². The van der Waals surface area contributed by atoms with Crippen molar-refractivity contribution in [2.75, 3.05) is 13.1 Å². The Bertz CT molecular complexity index is 842. The Morgan fingerprint density at radius 2 is 2.04 bits per heavy atom. The normalized spacial score (nSPS) is 18.7. The first-order valence-corrected chi connectivity index (χ1v) is 8.35. The number of phenolic OH excluding ortho intramolecular Hbond substituents is 1. The van der Waals surface area contributed by atoms with Crippen molar-refractivity contribution < 1.29 is 5.11 Å². The van der Waals surface area contributed by atoms with Crippen LogP contribution in [0.5, 0.6) is 5.75 Å². The molecule has 3 nitrogen and oxygen atoms in total. The highest BCUT2D eigenvalue weighted by Crippen LogP contribution is 2.37. The monoisotopic (exact) mass is 326 g/mol. The SMILES string of the molecule is Oc1cccc(C2CCN(Cc3c[nH]c4ccccc34)C2)c1Cl. The van der Waals surface area contributed by atoms with E-state index in [1.165, 1.54) is 16.5 Å². The van der Waals surface area contributed by atoms with Gasteiger partial charge in [-0.15, -0.1) is 0 Å². The van der Waals surface area contributed by atoms with Gasteiger partial charge in [0.1, 0.15) is 5.75 Å². The lowest BCUT2D eigenvalue weighted by Crippen LogP contribution is -2.19. The number of aromatic amines is 1. The molecule has 1 aliphatic rings. The van der Waals surface area contributed by atoms with E-state index in [0.717, 1.165) is 31.6 Å². The number of hydrogen-bond donors (Lipinski definition) is 2. The van der Waals surface area contributed by atoms with Crippen LogP contribution < -0.4 is 0 Å². The summed E-state index contributed by atoms with van der Waals surface area (Å²) in [6.45, 7) is 2.97. The molecule has 0 aliphatic carbocycles. The van der Waals surface area contributed by atoms with Gasteiger partial charge >= 0.3 is 0 Å². The van der Waals surface area contributed by atoms with Gasteiger partial charge in [0.2, 0.25) is 0 Å². The molecule has 1 saturated heterocycles. The molecule has 23 heavy (non-hydrogen) atoms. The summed E-state index contributed by atoms with van der Waals surface area (Å²) in [4.78, 5) is 5.80. The second-order valence-electron chi connectivity index (χ2n) is 6.26. The number of phenols is 1. The van der Waals surface area contributed by atoms with E-state index < -0.39 is 0 Å². The molecule has 0 bridgehead atoms. The molecular weight excluding hydrogens is 308 g/mol. The molecular formula is C19H19ClN2O. The van der Waals surface area contributed by atoms with E-state index in [1.807, 2.05) is 12.1 Å². The van der Waals surface area contributed by atoms with E-state index in [1.54, 1.807) is 6.07 Å². The highest BCUT2D eigenvalue weighted by molar-refractivity contribution is 6.32. The van der Waals surface area contributed by atoms with Gasteiger partial charge in [0.05, 0.1) is 5.02 Å². The number of likely N-dealkylation sites (tertiary alicyclic amines) is 1. The zero-order chi connectivity index (χ0) is 15.8. The average molecular weight is 327 g/mol. The Labute approximate surface area is 140 Å². The maximum Gasteiger partial charge on any atom is 0.134 e. The smallest absolute Gasteiger partial charge is 0.134 e. The standard InChI is InChI=1S/C19H19ClN2O/c20-19-16(5-3-7-18(19)23)13-8-9-22(11-13)12-14-10-21-17-6-2-1-4-15(14)17/h1-7,10,13,21,23H,8-9,11-12H2. The summed E-state index contributed by atoms with van der Waals surface area (Å²) in [6.07, 6.45) is 3.19. The highest BCUT2D eigenvalue weighted by atomic mass is 35.5. The molecule has 0 spiro atoms. The van der Waals surface area contributed by atoms with Crippen LogP contribution in [0.4, 0.5) is 0 Å². The van der Waals surface area contributed by atoms with Crippen molar-refractivity contribution in [2.45, 2.75) is 18.9 Å². The lowest BCUT2D eigenvalue weighted by Gasteiger charge is -2.16. The number of aromatic nitrogens is 1. The van der Waals surface area contributed by atoms with Gasteiger partial charge in [0.15, 0.2) is 0 Å². The van der Waals surface area contributed by atoms with Crippen molar-refractivity contribution >= 4 is 22.5 Å². The molecule has 0 radical (unpaired) electrons. The van der Waals surface area contributed by atoms with Gasteiger partial charge in [-0.1, -0.05) is 41.9 Å². The van der Waals surface area contributed by atoms with Crippen molar-refractivity contribution in [1.82, 2.24) is 9.88 Å². The van der Waals surface area contributed by atoms with Crippen molar-refractivity contribution in [3.8, 4) is 5.75 Å². The summed E-state index contributed by atoms with van der Waals surface area (Å²) in [7, 11) is 0. The van der Waals surface area contributed by atoms with Crippen LogP contribution in [0.1, 0.15) is 23.5 Å². The first kappa shape index (κ1) is 14.6. The molecule has 3 aromatic rings. The fourth-order valence-electron chi connectivity index (χ4n) is 3.59. The minimum atomic E-state index is 0.180. The predicted molar refractivity (Wildman–Crippen MR) is 94.1 cm³/mol. The Balaban J connectivity index is 1.51. The van der Waals surface area contributed by atoms with Crippen molar-refractivity contribution in [3.63, 3.8) is 0 Å². The van der Waals surface area contributed by atoms with Gasteiger partial charge in [0.25, 0.3) is 0 Å². The molecule has 1 fully saturated rings. The molecule has 4 rings (SSSR count). The number of halogens is 1. The van der Waals surface area contributed by atoms with Crippen LogP contribution in [-0.4, -0.2) is 28.1 Å². The van der Waals surface area contributed by atoms with Crippen LogP contribution in [0, 0.1) is 0 Å². The Hall–Kier alpha value is -1.97. The molecule has 2 N–H and O–H groups in total. The van der Waals surface area contributed by atoms with Crippen LogP contribution in [0.2, 0.25) is 5.02 Å². The maximum absolute atomic E-state index is 9.80. The number of rotatable bonds is 3. The molecule has 2 heterocycles. The van der Waals surface area contributed by atoms with E-state index in [0.29, 0.717) is 10.9 Å². The first-order valence-electron chi connectivity index (χ1n) is 7.97. The van der Waals surface area contributed by atoms with Crippen LogP contribution in [-0.2, 0) is 6.54 Å². The number of aromatic hydroxyl groups is 1. The minimum Gasteiger partial charge on any atom is -0.506 e. The number of nitrogens with one attached hydrogen (secondary N) is 1. The maximum atomic E-state index is 9.80. The quantitative estimate of drug-likeness (QED) is 0.743. The average Bonchev–Trinajstić information content (AvgIpc) is 3.18. The van der Waals surface area contributed by atoms with Crippen molar-refractivity contribution in [1.29, 1.82) is 0 Å². The number of fused-ring (bicyclic) bond motifs is 1. The van der Waals surface area contributed by atoms with E-state index in [4.69, 9.17) is 11.6 Å². The fourth-order valence-corrected chi connectivity index (χ4v) is 3.87. The van der Waals surface area contributed by atoms with E-state index in [-0.39, 0.29) is 5.75 Å². The van der Waals surface area contributed by atoms with E-state index >= 15 is 0 Å². The van der Waals surface area contributed by atoms with Gasteiger partial charge in [0, 0.05) is 30.2 Å². The zero-order valence-electron chi connectivity index (χ0n) is 12.8. The Morgan fingerprint density at radius 3 is 2.96 bits per heavy atom. The molecule has 1 unspecified atom stereocenters. The summed E-state index contributed by atoms with van der Waals surface area (Å²) in [6, 6.07) is 14.0. The molecule has 1 aliphatic heterocycles. The number of para-hydroxylation sites is 1.